The molecule has 0 atom stereocenters. The van der Waals surface area contributed by atoms with Gasteiger partial charge in [-0.25, -0.2) is 0 Å². The van der Waals surface area contributed by atoms with Crippen LogP contribution in [0.3, 0.4) is 0 Å². The summed E-state index contributed by atoms with van der Waals surface area (Å²) in [5.74, 6) is 0. The molecule has 2 heterocycles. The van der Waals surface area contributed by atoms with Crippen molar-refractivity contribution in [1.29, 1.82) is 10.5 Å². The minimum Gasteiger partial charge on any atom is -0.309 e. The zero-order chi connectivity index (χ0) is 32.2. The van der Waals surface area contributed by atoms with Crippen molar-refractivity contribution in [3.8, 4) is 45.8 Å². The highest BCUT2D eigenvalue weighted by atomic mass is 15.0. The van der Waals surface area contributed by atoms with Crippen molar-refractivity contribution >= 4 is 43.6 Å². The summed E-state index contributed by atoms with van der Waals surface area (Å²) in [5, 5.41) is 25.4. The first-order valence-electron chi connectivity index (χ1n) is 15.9. The van der Waals surface area contributed by atoms with Crippen LogP contribution in [0.25, 0.3) is 77.2 Å². The van der Waals surface area contributed by atoms with E-state index in [1.165, 1.54) is 10.8 Å². The maximum Gasteiger partial charge on any atom is 0.101 e. The van der Waals surface area contributed by atoms with Crippen LogP contribution in [0.1, 0.15) is 11.1 Å². The lowest BCUT2D eigenvalue weighted by atomic mass is 9.90. The molecule has 0 aliphatic rings. The summed E-state index contributed by atoms with van der Waals surface area (Å²) in [7, 11) is 0. The molecule has 9 rings (SSSR count). The Balaban J connectivity index is 1.31. The second-order valence-corrected chi connectivity index (χ2v) is 12.0. The van der Waals surface area contributed by atoms with Crippen molar-refractivity contribution in [2.45, 2.75) is 0 Å². The van der Waals surface area contributed by atoms with Gasteiger partial charge in [-0.3, -0.25) is 0 Å². The number of hydrogen-bond donors (Lipinski definition) is 0. The van der Waals surface area contributed by atoms with Gasteiger partial charge < -0.3 is 9.13 Å². The number of aromatic nitrogens is 2. The molecule has 9 aromatic rings. The Hall–Kier alpha value is -6.88. The molecule has 48 heavy (non-hydrogen) atoms. The summed E-state index contributed by atoms with van der Waals surface area (Å²) in [6, 6.07) is 58.8. The third-order valence-electron chi connectivity index (χ3n) is 9.43. The molecule has 0 N–H and O–H groups in total. The van der Waals surface area contributed by atoms with Crippen LogP contribution in [-0.2, 0) is 0 Å². The van der Waals surface area contributed by atoms with Gasteiger partial charge in [0, 0.05) is 32.8 Å². The Bertz CT molecular complexity index is 2710. The number of nitriles is 2. The van der Waals surface area contributed by atoms with Crippen LogP contribution < -0.4 is 0 Å². The second kappa shape index (κ2) is 10.9. The molecule has 0 bridgehead atoms. The molecular weight excluding hydrogens is 585 g/mol. The molecule has 0 aliphatic carbocycles. The van der Waals surface area contributed by atoms with Gasteiger partial charge in [-0.2, -0.15) is 10.5 Å². The topological polar surface area (TPSA) is 57.4 Å². The van der Waals surface area contributed by atoms with Gasteiger partial charge in [0.15, 0.2) is 0 Å². The van der Waals surface area contributed by atoms with E-state index in [0.29, 0.717) is 11.1 Å². The zero-order valence-electron chi connectivity index (χ0n) is 25.8. The largest absolute Gasteiger partial charge is 0.309 e. The first-order valence-corrected chi connectivity index (χ1v) is 15.9. The van der Waals surface area contributed by atoms with E-state index in [9.17, 15) is 10.5 Å². The molecule has 0 unspecified atom stereocenters. The van der Waals surface area contributed by atoms with Gasteiger partial charge in [-0.15, -0.1) is 0 Å². The van der Waals surface area contributed by atoms with E-state index >= 15 is 0 Å². The molecule has 0 spiro atoms. The lowest BCUT2D eigenvalue weighted by Gasteiger charge is -2.17. The lowest BCUT2D eigenvalue weighted by Crippen LogP contribution is -1.99. The average Bonchev–Trinajstić information content (AvgIpc) is 3.67. The number of benzene rings is 7. The summed E-state index contributed by atoms with van der Waals surface area (Å²) in [4.78, 5) is 0. The molecule has 0 saturated carbocycles. The van der Waals surface area contributed by atoms with Gasteiger partial charge in [0.05, 0.1) is 45.0 Å². The molecule has 2 aromatic heterocycles. The van der Waals surface area contributed by atoms with E-state index in [4.69, 9.17) is 0 Å². The predicted molar refractivity (Wildman–Crippen MR) is 195 cm³/mol. The van der Waals surface area contributed by atoms with Crippen molar-refractivity contribution in [3.05, 3.63) is 169 Å². The molecule has 0 saturated heterocycles. The van der Waals surface area contributed by atoms with Crippen LogP contribution in [-0.4, -0.2) is 9.13 Å². The molecular formula is C44H26N4. The maximum atomic E-state index is 10.6. The van der Waals surface area contributed by atoms with E-state index in [0.717, 1.165) is 66.5 Å². The van der Waals surface area contributed by atoms with E-state index in [1.807, 2.05) is 42.5 Å². The molecule has 4 nitrogen and oxygen atoms in total. The zero-order valence-corrected chi connectivity index (χ0v) is 25.8. The van der Waals surface area contributed by atoms with Gasteiger partial charge in [-0.1, -0.05) is 103 Å². The number of hydrogen-bond acceptors (Lipinski definition) is 2. The van der Waals surface area contributed by atoms with Gasteiger partial charge >= 0.3 is 0 Å². The van der Waals surface area contributed by atoms with Crippen molar-refractivity contribution in [3.63, 3.8) is 0 Å². The number of fused-ring (bicyclic) bond motifs is 6. The van der Waals surface area contributed by atoms with Crippen molar-refractivity contribution in [2.24, 2.45) is 0 Å². The fourth-order valence-electron chi connectivity index (χ4n) is 7.33. The highest BCUT2D eigenvalue weighted by molar-refractivity contribution is 6.10. The van der Waals surface area contributed by atoms with Crippen molar-refractivity contribution in [1.82, 2.24) is 9.13 Å². The first-order chi connectivity index (χ1) is 23.7. The predicted octanol–water partition coefficient (Wildman–Crippen LogP) is 11.0. The summed E-state index contributed by atoms with van der Waals surface area (Å²) < 4.78 is 4.49. The highest BCUT2D eigenvalue weighted by Gasteiger charge is 2.19. The molecule has 222 valence electrons. The van der Waals surface area contributed by atoms with Crippen LogP contribution in [0.4, 0.5) is 0 Å². The SMILES string of the molecule is N#Cc1ccccc1-c1ccc(-n2c3ccccc3c3ccccc32)cc1-c1ccc(-n2c3ccccc3c3ccccc32)c(C#N)c1. The van der Waals surface area contributed by atoms with E-state index in [1.54, 1.807) is 0 Å². The van der Waals surface area contributed by atoms with Crippen LogP contribution in [0, 0.1) is 22.7 Å². The molecule has 4 heteroatoms. The second-order valence-electron chi connectivity index (χ2n) is 12.0. The fourth-order valence-corrected chi connectivity index (χ4v) is 7.33. The van der Waals surface area contributed by atoms with Crippen molar-refractivity contribution in [2.75, 3.05) is 0 Å². The van der Waals surface area contributed by atoms with Crippen LogP contribution in [0.5, 0.6) is 0 Å². The van der Waals surface area contributed by atoms with E-state index in [-0.39, 0.29) is 0 Å². The molecule has 0 amide bonds. The number of nitrogens with zero attached hydrogens (tertiary/aromatic N) is 4. The fraction of sp³-hybridized carbons (Fsp3) is 0. The van der Waals surface area contributed by atoms with Gasteiger partial charge in [0.1, 0.15) is 6.07 Å². The first kappa shape index (κ1) is 27.4. The Labute approximate surface area is 277 Å². The quantitative estimate of drug-likeness (QED) is 0.199. The lowest BCUT2D eigenvalue weighted by molar-refractivity contribution is 1.17. The normalized spacial score (nSPS) is 11.3. The third kappa shape index (κ3) is 4.07. The Morgan fingerprint density at radius 1 is 0.375 bits per heavy atom. The standard InChI is InChI=1S/C44H26N4/c45-27-30-11-1-2-12-33(30)34-23-22-32(47-41-17-7-3-13-35(41)36-14-4-8-18-42(36)47)26-39(34)29-21-24-40(31(25-29)28-46)48-43-19-9-5-15-37(43)38-16-6-10-20-44(38)48/h1-26H. The molecule has 7 aromatic carbocycles. The number of para-hydroxylation sites is 4. The van der Waals surface area contributed by atoms with Gasteiger partial charge in [0.25, 0.3) is 0 Å². The minimum absolute atomic E-state index is 0.570. The smallest absolute Gasteiger partial charge is 0.101 e. The Morgan fingerprint density at radius 3 is 1.44 bits per heavy atom. The monoisotopic (exact) mass is 610 g/mol. The van der Waals surface area contributed by atoms with Gasteiger partial charge in [0.2, 0.25) is 0 Å². The van der Waals surface area contributed by atoms with Gasteiger partial charge in [-0.05, 0) is 71.3 Å². The third-order valence-corrected chi connectivity index (χ3v) is 9.43. The summed E-state index contributed by atoms with van der Waals surface area (Å²) in [6.45, 7) is 0. The molecule has 0 fully saturated rings. The Kier molecular flexibility index (Phi) is 6.22. The summed E-state index contributed by atoms with van der Waals surface area (Å²) >= 11 is 0. The summed E-state index contributed by atoms with van der Waals surface area (Å²) in [5.41, 5.74) is 11.0. The Morgan fingerprint density at radius 2 is 0.875 bits per heavy atom. The molecule has 0 radical (unpaired) electrons. The van der Waals surface area contributed by atoms with Crippen molar-refractivity contribution < 1.29 is 0 Å². The average molecular weight is 611 g/mol. The minimum atomic E-state index is 0.570. The van der Waals surface area contributed by atoms with Crippen LogP contribution in [0.15, 0.2) is 158 Å². The maximum absolute atomic E-state index is 10.6. The van der Waals surface area contributed by atoms with E-state index < -0.39 is 0 Å². The van der Waals surface area contributed by atoms with Crippen LogP contribution in [0.2, 0.25) is 0 Å². The summed E-state index contributed by atoms with van der Waals surface area (Å²) in [6.07, 6.45) is 0. The molecule has 0 aliphatic heterocycles. The number of rotatable bonds is 4. The van der Waals surface area contributed by atoms with Crippen LogP contribution >= 0.6 is 0 Å². The van der Waals surface area contributed by atoms with E-state index in [2.05, 4.69) is 137 Å². The highest BCUT2D eigenvalue weighted by Crippen LogP contribution is 2.40.